The fourth-order valence-corrected chi connectivity index (χ4v) is 9.60. The van der Waals surface area contributed by atoms with Crippen molar-refractivity contribution in [2.45, 2.75) is 19.3 Å². The van der Waals surface area contributed by atoms with Crippen molar-refractivity contribution in [2.24, 2.45) is 0 Å². The van der Waals surface area contributed by atoms with Gasteiger partial charge in [-0.05, 0) is 130 Å². The fraction of sp³-hybridized carbons (Fsp3) is 0.0526. The first-order valence-corrected chi connectivity index (χ1v) is 20.3. The van der Waals surface area contributed by atoms with Crippen LogP contribution in [0.5, 0.6) is 0 Å². The van der Waals surface area contributed by atoms with E-state index in [4.69, 9.17) is 0 Å². The molecular weight excluding hydrogens is 699 g/mol. The third kappa shape index (κ3) is 5.46. The van der Waals surface area contributed by atoms with Gasteiger partial charge in [0.2, 0.25) is 0 Å². The standard InChI is InChI=1S/C57H41N/c1-57(2)54-28-11-10-24-50(54)51-34-33-45(37-55(51)57)58(44-20-13-18-41(36-44)38-15-4-3-5-16-38)43-31-29-39(30-32-43)40-17-12-19-42(35-40)46-26-14-27-53-49-22-7-6-21-47(49)48-23-8-9-25-52(48)56(46)53/h3-37H,1-2H3. The summed E-state index contributed by atoms with van der Waals surface area (Å²) in [5.74, 6) is 0. The first-order valence-electron chi connectivity index (χ1n) is 20.3. The van der Waals surface area contributed by atoms with Crippen LogP contribution in [0.3, 0.4) is 0 Å². The molecule has 0 radical (unpaired) electrons. The zero-order chi connectivity index (χ0) is 38.8. The van der Waals surface area contributed by atoms with Crippen LogP contribution in [0.4, 0.5) is 17.1 Å². The van der Waals surface area contributed by atoms with Gasteiger partial charge in [-0.3, -0.25) is 0 Å². The fourth-order valence-electron chi connectivity index (χ4n) is 9.60. The molecule has 274 valence electrons. The summed E-state index contributed by atoms with van der Waals surface area (Å²) >= 11 is 0. The van der Waals surface area contributed by atoms with E-state index in [-0.39, 0.29) is 5.41 Å². The van der Waals surface area contributed by atoms with Crippen LogP contribution in [0.2, 0.25) is 0 Å². The van der Waals surface area contributed by atoms with Gasteiger partial charge in [-0.25, -0.2) is 0 Å². The van der Waals surface area contributed by atoms with Crippen molar-refractivity contribution in [3.63, 3.8) is 0 Å². The maximum Gasteiger partial charge on any atom is 0.0467 e. The highest BCUT2D eigenvalue weighted by molar-refractivity contribution is 6.28. The minimum atomic E-state index is -0.0994. The Kier molecular flexibility index (Phi) is 7.91. The van der Waals surface area contributed by atoms with Crippen LogP contribution >= 0.6 is 0 Å². The Morgan fingerprint density at radius 2 is 0.776 bits per heavy atom. The molecule has 10 aromatic rings. The van der Waals surface area contributed by atoms with E-state index in [1.165, 1.54) is 88.0 Å². The van der Waals surface area contributed by atoms with E-state index >= 15 is 0 Å². The highest BCUT2D eigenvalue weighted by Crippen LogP contribution is 2.51. The second-order valence-corrected chi connectivity index (χ2v) is 16.1. The summed E-state index contributed by atoms with van der Waals surface area (Å²) in [6.07, 6.45) is 0. The third-order valence-corrected chi connectivity index (χ3v) is 12.4. The van der Waals surface area contributed by atoms with Crippen molar-refractivity contribution >= 4 is 49.4 Å². The molecule has 0 unspecified atom stereocenters. The zero-order valence-corrected chi connectivity index (χ0v) is 32.7. The Balaban J connectivity index is 1.02. The molecule has 0 fully saturated rings. The molecule has 11 rings (SSSR count). The van der Waals surface area contributed by atoms with Crippen LogP contribution in [-0.4, -0.2) is 0 Å². The molecule has 58 heavy (non-hydrogen) atoms. The maximum atomic E-state index is 2.42. The SMILES string of the molecule is CC1(C)c2ccccc2-c2ccc(N(c3ccc(-c4cccc(-c5cccc6c7ccccc7c7ccccc7c56)c4)cc3)c3cccc(-c4ccccc4)c3)cc21. The van der Waals surface area contributed by atoms with Crippen molar-refractivity contribution in [2.75, 3.05) is 4.90 Å². The molecule has 0 bridgehead atoms. The number of fused-ring (bicyclic) bond motifs is 9. The number of hydrogen-bond donors (Lipinski definition) is 0. The largest absolute Gasteiger partial charge is 0.310 e. The Morgan fingerprint density at radius 1 is 0.293 bits per heavy atom. The molecule has 1 aliphatic carbocycles. The van der Waals surface area contributed by atoms with Gasteiger partial charge < -0.3 is 4.90 Å². The Hall–Kier alpha value is -7.22. The quantitative estimate of drug-likeness (QED) is 0.154. The Bertz CT molecular complexity index is 3150. The number of rotatable bonds is 6. The Morgan fingerprint density at radius 3 is 1.53 bits per heavy atom. The predicted molar refractivity (Wildman–Crippen MR) is 248 cm³/mol. The molecular formula is C57H41N. The van der Waals surface area contributed by atoms with Crippen LogP contribution < -0.4 is 4.90 Å². The van der Waals surface area contributed by atoms with E-state index in [1.807, 2.05) is 0 Å². The lowest BCUT2D eigenvalue weighted by Crippen LogP contribution is -2.16. The third-order valence-electron chi connectivity index (χ3n) is 12.4. The normalized spacial score (nSPS) is 12.8. The lowest BCUT2D eigenvalue weighted by Gasteiger charge is -2.28. The molecule has 0 amide bonds. The van der Waals surface area contributed by atoms with Crippen LogP contribution in [0.15, 0.2) is 212 Å². The second-order valence-electron chi connectivity index (χ2n) is 16.1. The van der Waals surface area contributed by atoms with E-state index in [0.29, 0.717) is 0 Å². The van der Waals surface area contributed by atoms with E-state index in [2.05, 4.69) is 231 Å². The van der Waals surface area contributed by atoms with Crippen LogP contribution in [0, 0.1) is 0 Å². The van der Waals surface area contributed by atoms with Gasteiger partial charge in [-0.2, -0.15) is 0 Å². The van der Waals surface area contributed by atoms with Gasteiger partial charge in [0, 0.05) is 22.5 Å². The molecule has 0 spiro atoms. The molecule has 1 nitrogen and oxygen atoms in total. The highest BCUT2D eigenvalue weighted by atomic mass is 15.1. The molecule has 1 aliphatic rings. The first kappa shape index (κ1) is 34.1. The second kappa shape index (κ2) is 13.5. The number of benzene rings is 10. The van der Waals surface area contributed by atoms with Gasteiger partial charge in [0.15, 0.2) is 0 Å². The summed E-state index contributed by atoms with van der Waals surface area (Å²) in [5, 5.41) is 7.76. The summed E-state index contributed by atoms with van der Waals surface area (Å²) in [5.41, 5.74) is 15.9. The molecule has 0 saturated heterocycles. The van der Waals surface area contributed by atoms with Crippen molar-refractivity contribution in [3.05, 3.63) is 223 Å². The molecule has 0 atom stereocenters. The average molecular weight is 740 g/mol. The minimum absolute atomic E-state index is 0.0994. The van der Waals surface area contributed by atoms with Gasteiger partial charge >= 0.3 is 0 Å². The van der Waals surface area contributed by atoms with E-state index in [0.717, 1.165) is 17.1 Å². The lowest BCUT2D eigenvalue weighted by molar-refractivity contribution is 0.660. The molecule has 10 aromatic carbocycles. The number of anilines is 3. The summed E-state index contributed by atoms with van der Waals surface area (Å²) in [4.78, 5) is 2.41. The maximum absolute atomic E-state index is 2.42. The molecule has 0 aliphatic heterocycles. The smallest absolute Gasteiger partial charge is 0.0467 e. The molecule has 0 heterocycles. The Labute approximate surface area is 340 Å². The number of nitrogens with zero attached hydrogens (tertiary/aromatic N) is 1. The van der Waals surface area contributed by atoms with Crippen molar-refractivity contribution < 1.29 is 0 Å². The molecule has 0 saturated carbocycles. The predicted octanol–water partition coefficient (Wildman–Crippen LogP) is 15.9. The van der Waals surface area contributed by atoms with E-state index in [9.17, 15) is 0 Å². The highest BCUT2D eigenvalue weighted by Gasteiger charge is 2.35. The van der Waals surface area contributed by atoms with Crippen molar-refractivity contribution in [1.29, 1.82) is 0 Å². The van der Waals surface area contributed by atoms with E-state index < -0.39 is 0 Å². The van der Waals surface area contributed by atoms with Crippen LogP contribution in [0.1, 0.15) is 25.0 Å². The molecule has 0 aromatic heterocycles. The topological polar surface area (TPSA) is 3.24 Å². The van der Waals surface area contributed by atoms with Gasteiger partial charge in [-0.15, -0.1) is 0 Å². The van der Waals surface area contributed by atoms with Gasteiger partial charge in [0.25, 0.3) is 0 Å². The summed E-state index contributed by atoms with van der Waals surface area (Å²) < 4.78 is 0. The molecule has 1 heteroatoms. The van der Waals surface area contributed by atoms with Crippen molar-refractivity contribution in [3.8, 4) is 44.5 Å². The minimum Gasteiger partial charge on any atom is -0.310 e. The number of hydrogen-bond acceptors (Lipinski definition) is 1. The summed E-state index contributed by atoms with van der Waals surface area (Å²) in [6, 6.07) is 78.1. The van der Waals surface area contributed by atoms with Gasteiger partial charge in [0.05, 0.1) is 0 Å². The van der Waals surface area contributed by atoms with Gasteiger partial charge in [-0.1, -0.05) is 184 Å². The summed E-state index contributed by atoms with van der Waals surface area (Å²) in [7, 11) is 0. The van der Waals surface area contributed by atoms with Crippen LogP contribution in [-0.2, 0) is 5.41 Å². The first-order chi connectivity index (χ1) is 28.5. The lowest BCUT2D eigenvalue weighted by atomic mass is 9.82. The van der Waals surface area contributed by atoms with Crippen molar-refractivity contribution in [1.82, 2.24) is 0 Å². The summed E-state index contributed by atoms with van der Waals surface area (Å²) in [6.45, 7) is 4.71. The van der Waals surface area contributed by atoms with E-state index in [1.54, 1.807) is 0 Å². The van der Waals surface area contributed by atoms with Crippen LogP contribution in [0.25, 0.3) is 76.8 Å². The zero-order valence-electron chi connectivity index (χ0n) is 32.7. The average Bonchev–Trinajstić information content (AvgIpc) is 3.52. The van der Waals surface area contributed by atoms with Gasteiger partial charge in [0.1, 0.15) is 0 Å². The molecule has 0 N–H and O–H groups in total. The monoisotopic (exact) mass is 739 g/mol.